The number of likely N-dealkylation sites (tertiary alicyclic amines) is 1. The summed E-state index contributed by atoms with van der Waals surface area (Å²) in [6.07, 6.45) is 1.53. The molecule has 7 heteroatoms. The summed E-state index contributed by atoms with van der Waals surface area (Å²) in [4.78, 5) is 26.1. The van der Waals surface area contributed by atoms with Crippen LogP contribution in [0.3, 0.4) is 0 Å². The van der Waals surface area contributed by atoms with Crippen molar-refractivity contribution in [2.45, 2.75) is 19.8 Å². The average Bonchev–Trinajstić information content (AvgIpc) is 2.64. The average molecular weight is 335 g/mol. The summed E-state index contributed by atoms with van der Waals surface area (Å²) in [5.74, 6) is 5.26. The molecule has 3 N–H and O–H groups in total. The summed E-state index contributed by atoms with van der Waals surface area (Å²) in [6, 6.07) is 7.08. The molecule has 0 spiro atoms. The van der Waals surface area contributed by atoms with Crippen molar-refractivity contribution in [3.8, 4) is 5.75 Å². The molecule has 1 aliphatic heterocycles. The van der Waals surface area contributed by atoms with Gasteiger partial charge >= 0.3 is 0 Å². The summed E-state index contributed by atoms with van der Waals surface area (Å²) < 4.78 is 10.8. The minimum absolute atomic E-state index is 0.0974. The predicted octanol–water partition coefficient (Wildman–Crippen LogP) is 0.944. The van der Waals surface area contributed by atoms with Gasteiger partial charge in [-0.15, -0.1) is 0 Å². The lowest BCUT2D eigenvalue weighted by Gasteiger charge is -2.31. The third kappa shape index (κ3) is 4.94. The normalized spacial score (nSPS) is 17.4. The molecule has 1 aromatic carbocycles. The molecule has 0 aliphatic carbocycles. The molecule has 1 heterocycles. The van der Waals surface area contributed by atoms with E-state index in [-0.39, 0.29) is 17.7 Å². The van der Waals surface area contributed by atoms with Crippen molar-refractivity contribution in [2.75, 3.05) is 32.9 Å². The van der Waals surface area contributed by atoms with Crippen molar-refractivity contribution in [1.82, 2.24) is 10.3 Å². The molecule has 1 atom stereocenters. The molecule has 0 bridgehead atoms. The van der Waals surface area contributed by atoms with E-state index in [1.54, 1.807) is 23.1 Å². The minimum atomic E-state index is -0.252. The molecule has 1 fully saturated rings. The van der Waals surface area contributed by atoms with E-state index in [2.05, 4.69) is 5.43 Å². The maximum Gasteiger partial charge on any atom is 0.254 e. The van der Waals surface area contributed by atoms with Gasteiger partial charge in [0, 0.05) is 25.3 Å². The molecule has 132 valence electrons. The van der Waals surface area contributed by atoms with Crippen molar-refractivity contribution in [1.29, 1.82) is 0 Å². The van der Waals surface area contributed by atoms with Crippen LogP contribution in [0.15, 0.2) is 24.3 Å². The van der Waals surface area contributed by atoms with Gasteiger partial charge in [-0.2, -0.15) is 0 Å². The minimum Gasteiger partial charge on any atom is -0.491 e. The number of nitrogens with two attached hydrogens (primary N) is 1. The number of hydrogen-bond donors (Lipinski definition) is 2. The van der Waals surface area contributed by atoms with Crippen LogP contribution in [0.4, 0.5) is 0 Å². The number of ether oxygens (including phenoxy) is 2. The quantitative estimate of drug-likeness (QED) is 0.335. The maximum absolute atomic E-state index is 12.7. The summed E-state index contributed by atoms with van der Waals surface area (Å²) in [7, 11) is 0. The van der Waals surface area contributed by atoms with Crippen LogP contribution in [0.5, 0.6) is 5.75 Å². The van der Waals surface area contributed by atoms with Crippen molar-refractivity contribution in [3.63, 3.8) is 0 Å². The number of rotatable bonds is 7. The molecule has 24 heavy (non-hydrogen) atoms. The number of hydrazine groups is 1. The van der Waals surface area contributed by atoms with Gasteiger partial charge in [0.2, 0.25) is 5.91 Å². The number of nitrogens with one attached hydrogen (secondary N) is 1. The lowest BCUT2D eigenvalue weighted by Crippen LogP contribution is -2.47. The van der Waals surface area contributed by atoms with Gasteiger partial charge in [-0.3, -0.25) is 15.0 Å². The van der Waals surface area contributed by atoms with Crippen LogP contribution in [0, 0.1) is 5.92 Å². The van der Waals surface area contributed by atoms with Crippen LogP contribution in [-0.2, 0) is 9.53 Å². The standard InChI is InChI=1S/C17H25N3O4/c1-2-23-9-10-24-15-7-3-5-13(11-15)17(22)20-8-4-6-14(12-20)16(21)19-18/h3,5,7,11,14H,2,4,6,8-10,12,18H2,1H3,(H,19,21). The molecule has 1 saturated heterocycles. The highest BCUT2D eigenvalue weighted by atomic mass is 16.5. The molecule has 0 radical (unpaired) electrons. The highest BCUT2D eigenvalue weighted by molar-refractivity contribution is 5.95. The van der Waals surface area contributed by atoms with Gasteiger partial charge in [0.1, 0.15) is 12.4 Å². The first-order chi connectivity index (χ1) is 11.7. The van der Waals surface area contributed by atoms with Gasteiger partial charge in [0.15, 0.2) is 0 Å². The summed E-state index contributed by atoms with van der Waals surface area (Å²) >= 11 is 0. The fourth-order valence-electron chi connectivity index (χ4n) is 2.76. The maximum atomic E-state index is 12.7. The smallest absolute Gasteiger partial charge is 0.254 e. The molecule has 7 nitrogen and oxygen atoms in total. The molecule has 1 aromatic rings. The zero-order valence-electron chi connectivity index (χ0n) is 14.0. The van der Waals surface area contributed by atoms with Crippen molar-refractivity contribution in [2.24, 2.45) is 11.8 Å². The van der Waals surface area contributed by atoms with Gasteiger partial charge < -0.3 is 14.4 Å². The first-order valence-electron chi connectivity index (χ1n) is 8.26. The Morgan fingerprint density at radius 1 is 1.38 bits per heavy atom. The van der Waals surface area contributed by atoms with Gasteiger partial charge in [-0.25, -0.2) is 5.84 Å². The fourth-order valence-corrected chi connectivity index (χ4v) is 2.76. The Labute approximate surface area is 142 Å². The van der Waals surface area contributed by atoms with Crippen molar-refractivity contribution in [3.05, 3.63) is 29.8 Å². The molecule has 0 aromatic heterocycles. The lowest BCUT2D eigenvalue weighted by atomic mass is 9.96. The van der Waals surface area contributed by atoms with E-state index in [0.29, 0.717) is 44.2 Å². The molecular formula is C17H25N3O4. The van der Waals surface area contributed by atoms with E-state index < -0.39 is 0 Å². The number of piperidine rings is 1. The first-order valence-corrected chi connectivity index (χ1v) is 8.26. The van der Waals surface area contributed by atoms with E-state index in [1.807, 2.05) is 13.0 Å². The lowest BCUT2D eigenvalue weighted by molar-refractivity contribution is -0.126. The monoisotopic (exact) mass is 335 g/mol. The van der Waals surface area contributed by atoms with Gasteiger partial charge in [0.05, 0.1) is 12.5 Å². The second-order valence-corrected chi connectivity index (χ2v) is 5.67. The van der Waals surface area contributed by atoms with E-state index >= 15 is 0 Å². The second kappa shape index (κ2) is 9.24. The first kappa shape index (κ1) is 18.2. The number of amides is 2. The number of carbonyl (C=O) groups is 2. The van der Waals surface area contributed by atoms with E-state index in [1.165, 1.54) is 0 Å². The Morgan fingerprint density at radius 2 is 2.21 bits per heavy atom. The van der Waals surface area contributed by atoms with Crippen LogP contribution in [0.2, 0.25) is 0 Å². The fraction of sp³-hybridized carbons (Fsp3) is 0.529. The van der Waals surface area contributed by atoms with Crippen LogP contribution < -0.4 is 16.0 Å². The second-order valence-electron chi connectivity index (χ2n) is 5.67. The van der Waals surface area contributed by atoms with Crippen molar-refractivity contribution < 1.29 is 19.1 Å². The third-order valence-electron chi connectivity index (χ3n) is 4.00. The largest absolute Gasteiger partial charge is 0.491 e. The van der Waals surface area contributed by atoms with Gasteiger partial charge in [-0.1, -0.05) is 6.07 Å². The Bertz CT molecular complexity index is 565. The number of nitrogens with zero attached hydrogens (tertiary/aromatic N) is 1. The summed E-state index contributed by atoms with van der Waals surface area (Å²) in [5, 5.41) is 0. The Balaban J connectivity index is 1.97. The van der Waals surface area contributed by atoms with Gasteiger partial charge in [0.25, 0.3) is 5.91 Å². The zero-order valence-corrected chi connectivity index (χ0v) is 14.0. The molecule has 2 amide bonds. The highest BCUT2D eigenvalue weighted by Crippen LogP contribution is 2.20. The van der Waals surface area contributed by atoms with E-state index in [0.717, 1.165) is 12.8 Å². The highest BCUT2D eigenvalue weighted by Gasteiger charge is 2.28. The molecular weight excluding hydrogens is 310 g/mol. The van der Waals surface area contributed by atoms with E-state index in [9.17, 15) is 9.59 Å². The number of benzene rings is 1. The summed E-state index contributed by atoms with van der Waals surface area (Å²) in [5.41, 5.74) is 2.72. The Morgan fingerprint density at radius 3 is 2.96 bits per heavy atom. The van der Waals surface area contributed by atoms with Crippen molar-refractivity contribution >= 4 is 11.8 Å². The topological polar surface area (TPSA) is 93.9 Å². The van der Waals surface area contributed by atoms with Crippen LogP contribution in [-0.4, -0.2) is 49.6 Å². The number of hydrogen-bond acceptors (Lipinski definition) is 5. The third-order valence-corrected chi connectivity index (χ3v) is 4.00. The molecule has 1 unspecified atom stereocenters. The van der Waals surface area contributed by atoms with Gasteiger partial charge in [-0.05, 0) is 38.0 Å². The van der Waals surface area contributed by atoms with Crippen LogP contribution in [0.1, 0.15) is 30.1 Å². The van der Waals surface area contributed by atoms with E-state index in [4.69, 9.17) is 15.3 Å². The Kier molecular flexibility index (Phi) is 7.02. The zero-order chi connectivity index (χ0) is 17.4. The predicted molar refractivity (Wildman–Crippen MR) is 89.4 cm³/mol. The van der Waals surface area contributed by atoms with Crippen LogP contribution >= 0.6 is 0 Å². The number of carbonyl (C=O) groups excluding carboxylic acids is 2. The molecule has 0 saturated carbocycles. The summed E-state index contributed by atoms with van der Waals surface area (Å²) in [6.45, 7) is 4.55. The SMILES string of the molecule is CCOCCOc1cccc(C(=O)N2CCCC(C(=O)NN)C2)c1. The van der Waals surface area contributed by atoms with Crippen LogP contribution in [0.25, 0.3) is 0 Å². The molecule has 1 aliphatic rings. The molecule has 2 rings (SSSR count). The Hall–Kier alpha value is -2.12.